The third kappa shape index (κ3) is 2.96. The third-order valence-corrected chi connectivity index (χ3v) is 4.03. The highest BCUT2D eigenvalue weighted by Crippen LogP contribution is 2.39. The van der Waals surface area contributed by atoms with Crippen molar-refractivity contribution in [2.45, 2.75) is 25.7 Å². The number of rotatable bonds is 6. The Balaban J connectivity index is 1.81. The monoisotopic (exact) mass is 277 g/mol. The van der Waals surface area contributed by atoms with Crippen LogP contribution in [0, 0.1) is 15.5 Å². The van der Waals surface area contributed by atoms with Gasteiger partial charge in [-0.1, -0.05) is 18.6 Å². The first-order valence-corrected chi connectivity index (χ1v) is 6.79. The van der Waals surface area contributed by atoms with Crippen LogP contribution in [0.2, 0.25) is 0 Å². The molecule has 20 heavy (non-hydrogen) atoms. The second-order valence-electron chi connectivity index (χ2n) is 5.27. The summed E-state index contributed by atoms with van der Waals surface area (Å²) < 4.78 is 0. The molecule has 2 rings (SSSR count). The fourth-order valence-electron chi connectivity index (χ4n) is 2.42. The molecule has 1 aromatic carbocycles. The zero-order valence-corrected chi connectivity index (χ0v) is 11.3. The molecule has 6 heteroatoms. The highest BCUT2D eigenvalue weighted by molar-refractivity contribution is 5.83. The van der Waals surface area contributed by atoms with Crippen LogP contribution in [-0.2, 0) is 11.2 Å². The van der Waals surface area contributed by atoms with Crippen molar-refractivity contribution >= 4 is 11.6 Å². The summed E-state index contributed by atoms with van der Waals surface area (Å²) in [6.07, 6.45) is 3.46. The van der Waals surface area contributed by atoms with E-state index in [1.165, 1.54) is 12.1 Å². The molecule has 1 saturated carbocycles. The minimum absolute atomic E-state index is 0.0353. The van der Waals surface area contributed by atoms with Crippen molar-refractivity contribution in [3.8, 4) is 0 Å². The fraction of sp³-hybridized carbons (Fsp3) is 0.500. The first-order chi connectivity index (χ1) is 9.57. The Bertz CT molecular complexity index is 489. The predicted octanol–water partition coefficient (Wildman–Crippen LogP) is 1.38. The van der Waals surface area contributed by atoms with Gasteiger partial charge in [0.15, 0.2) is 0 Å². The number of hydrogen-bond acceptors (Lipinski definition) is 4. The molecule has 0 unspecified atom stereocenters. The molecule has 1 fully saturated rings. The molecule has 1 aliphatic rings. The molecule has 0 radical (unpaired) electrons. The first kappa shape index (κ1) is 14.5. The predicted molar refractivity (Wildman–Crippen MR) is 75.1 cm³/mol. The number of carbonyl (C=O) groups excluding carboxylic acids is 1. The second kappa shape index (κ2) is 6.00. The van der Waals surface area contributed by atoms with E-state index in [1.807, 2.05) is 0 Å². The smallest absolute Gasteiger partial charge is 0.269 e. The maximum Gasteiger partial charge on any atom is 0.269 e. The van der Waals surface area contributed by atoms with E-state index in [2.05, 4.69) is 5.32 Å². The number of nitro groups is 1. The number of carbonyl (C=O) groups is 1. The highest BCUT2D eigenvalue weighted by atomic mass is 16.6. The lowest BCUT2D eigenvalue weighted by molar-refractivity contribution is -0.384. The van der Waals surface area contributed by atoms with E-state index in [0.717, 1.165) is 24.8 Å². The lowest BCUT2D eigenvalue weighted by atomic mass is 9.68. The van der Waals surface area contributed by atoms with Crippen LogP contribution < -0.4 is 11.1 Å². The van der Waals surface area contributed by atoms with Crippen LogP contribution in [0.4, 0.5) is 5.69 Å². The van der Waals surface area contributed by atoms with E-state index >= 15 is 0 Å². The molecule has 0 aliphatic heterocycles. The summed E-state index contributed by atoms with van der Waals surface area (Å²) in [5, 5.41) is 13.4. The number of hydrogen-bond donors (Lipinski definition) is 2. The number of nitrogens with zero attached hydrogens (tertiary/aromatic N) is 1. The van der Waals surface area contributed by atoms with Gasteiger partial charge in [0.2, 0.25) is 5.91 Å². The normalized spacial score (nSPS) is 16.2. The molecule has 0 heterocycles. The van der Waals surface area contributed by atoms with Crippen molar-refractivity contribution in [3.05, 3.63) is 39.9 Å². The van der Waals surface area contributed by atoms with Gasteiger partial charge in [0, 0.05) is 25.2 Å². The lowest BCUT2D eigenvalue weighted by Gasteiger charge is -2.39. The van der Waals surface area contributed by atoms with Crippen LogP contribution in [0.5, 0.6) is 0 Å². The Morgan fingerprint density at radius 2 is 2.00 bits per heavy atom. The van der Waals surface area contributed by atoms with Gasteiger partial charge in [-0.3, -0.25) is 14.9 Å². The zero-order valence-electron chi connectivity index (χ0n) is 11.3. The number of nitro benzene ring substituents is 1. The topological polar surface area (TPSA) is 98.3 Å². The molecule has 0 saturated heterocycles. The Morgan fingerprint density at radius 3 is 2.45 bits per heavy atom. The molecule has 0 aromatic heterocycles. The SMILES string of the molecule is NCC1(C(=O)NCCc2ccc([N+](=O)[O-])cc2)CCC1. The van der Waals surface area contributed by atoms with Gasteiger partial charge < -0.3 is 11.1 Å². The average molecular weight is 277 g/mol. The lowest BCUT2D eigenvalue weighted by Crippen LogP contribution is -2.50. The minimum Gasteiger partial charge on any atom is -0.355 e. The largest absolute Gasteiger partial charge is 0.355 e. The number of nitrogens with one attached hydrogen (secondary N) is 1. The summed E-state index contributed by atoms with van der Waals surface area (Å²) >= 11 is 0. The van der Waals surface area contributed by atoms with E-state index in [0.29, 0.717) is 19.5 Å². The minimum atomic E-state index is -0.423. The van der Waals surface area contributed by atoms with Gasteiger partial charge in [0.1, 0.15) is 0 Å². The van der Waals surface area contributed by atoms with Gasteiger partial charge in [0.05, 0.1) is 10.3 Å². The molecule has 0 atom stereocenters. The van der Waals surface area contributed by atoms with Gasteiger partial charge in [0.25, 0.3) is 5.69 Å². The number of amides is 1. The molecule has 3 N–H and O–H groups in total. The van der Waals surface area contributed by atoms with Crippen LogP contribution in [0.3, 0.4) is 0 Å². The first-order valence-electron chi connectivity index (χ1n) is 6.79. The summed E-state index contributed by atoms with van der Waals surface area (Å²) in [5.41, 5.74) is 6.36. The Morgan fingerprint density at radius 1 is 1.35 bits per heavy atom. The van der Waals surface area contributed by atoms with Crippen LogP contribution in [0.25, 0.3) is 0 Å². The molecule has 1 aliphatic carbocycles. The van der Waals surface area contributed by atoms with Crippen molar-refractivity contribution in [1.82, 2.24) is 5.32 Å². The number of non-ortho nitro benzene ring substituents is 1. The quantitative estimate of drug-likeness (QED) is 0.606. The molecule has 1 aromatic rings. The molecular weight excluding hydrogens is 258 g/mol. The summed E-state index contributed by atoms with van der Waals surface area (Å²) in [5.74, 6) is 0.0353. The second-order valence-corrected chi connectivity index (χ2v) is 5.27. The van der Waals surface area contributed by atoms with Crippen molar-refractivity contribution in [1.29, 1.82) is 0 Å². The van der Waals surface area contributed by atoms with Gasteiger partial charge in [-0.2, -0.15) is 0 Å². The highest BCUT2D eigenvalue weighted by Gasteiger charge is 2.42. The summed E-state index contributed by atoms with van der Waals surface area (Å²) in [4.78, 5) is 22.1. The van der Waals surface area contributed by atoms with Crippen molar-refractivity contribution in [2.24, 2.45) is 11.1 Å². The van der Waals surface area contributed by atoms with Crippen LogP contribution >= 0.6 is 0 Å². The van der Waals surface area contributed by atoms with Crippen molar-refractivity contribution in [3.63, 3.8) is 0 Å². The Hall–Kier alpha value is -1.95. The Kier molecular flexibility index (Phi) is 4.34. The van der Waals surface area contributed by atoms with Crippen LogP contribution in [0.1, 0.15) is 24.8 Å². The van der Waals surface area contributed by atoms with Crippen molar-refractivity contribution < 1.29 is 9.72 Å². The standard InChI is InChI=1S/C14H19N3O3/c15-10-14(7-1-8-14)13(18)16-9-6-11-2-4-12(5-3-11)17(19)20/h2-5H,1,6-10,15H2,(H,16,18). The molecular formula is C14H19N3O3. The molecule has 0 bridgehead atoms. The maximum atomic E-state index is 12.0. The van der Waals surface area contributed by atoms with Crippen molar-refractivity contribution in [2.75, 3.05) is 13.1 Å². The zero-order chi connectivity index (χ0) is 14.6. The fourth-order valence-corrected chi connectivity index (χ4v) is 2.42. The number of nitrogens with two attached hydrogens (primary N) is 1. The number of benzene rings is 1. The van der Waals surface area contributed by atoms with E-state index in [1.54, 1.807) is 12.1 Å². The molecule has 0 spiro atoms. The molecule has 1 amide bonds. The van der Waals surface area contributed by atoms with E-state index in [9.17, 15) is 14.9 Å². The molecule has 6 nitrogen and oxygen atoms in total. The third-order valence-electron chi connectivity index (χ3n) is 4.03. The average Bonchev–Trinajstić information content (AvgIpc) is 2.38. The van der Waals surface area contributed by atoms with E-state index < -0.39 is 4.92 Å². The summed E-state index contributed by atoms with van der Waals surface area (Å²) in [7, 11) is 0. The van der Waals surface area contributed by atoms with Crippen LogP contribution in [0.15, 0.2) is 24.3 Å². The maximum absolute atomic E-state index is 12.0. The Labute approximate surface area is 117 Å². The van der Waals surface area contributed by atoms with Crippen LogP contribution in [-0.4, -0.2) is 23.9 Å². The van der Waals surface area contributed by atoms with E-state index in [-0.39, 0.29) is 17.0 Å². The van der Waals surface area contributed by atoms with Gasteiger partial charge in [-0.05, 0) is 24.8 Å². The summed E-state index contributed by atoms with van der Waals surface area (Å²) in [6.45, 7) is 0.925. The summed E-state index contributed by atoms with van der Waals surface area (Å²) in [6, 6.07) is 6.38. The van der Waals surface area contributed by atoms with Gasteiger partial charge in [-0.15, -0.1) is 0 Å². The van der Waals surface area contributed by atoms with E-state index in [4.69, 9.17) is 5.73 Å². The molecule has 108 valence electrons. The van der Waals surface area contributed by atoms with Gasteiger partial charge >= 0.3 is 0 Å². The van der Waals surface area contributed by atoms with Gasteiger partial charge in [-0.25, -0.2) is 0 Å².